The molecule has 0 unspecified atom stereocenters. The average Bonchev–Trinajstić information content (AvgIpc) is 3.04. The molecule has 1 aliphatic heterocycles. The van der Waals surface area contributed by atoms with Crippen molar-refractivity contribution >= 4 is 40.8 Å². The number of halogens is 1. The number of nitrogens with zero attached hydrogens (tertiary/aromatic N) is 1. The fourth-order valence-electron chi connectivity index (χ4n) is 3.47. The van der Waals surface area contributed by atoms with Crippen molar-refractivity contribution in [2.75, 3.05) is 5.32 Å². The third-order valence-electron chi connectivity index (χ3n) is 5.11. The van der Waals surface area contributed by atoms with Gasteiger partial charge < -0.3 is 5.32 Å². The molecular formula is C24H17ClN2O4. The van der Waals surface area contributed by atoms with E-state index in [4.69, 9.17) is 11.6 Å². The maximum Gasteiger partial charge on any atom is 0.262 e. The van der Waals surface area contributed by atoms with E-state index >= 15 is 0 Å². The largest absolute Gasteiger partial charge is 0.324 e. The van der Waals surface area contributed by atoms with E-state index in [9.17, 15) is 19.2 Å². The molecular weight excluding hydrogens is 416 g/mol. The Hall–Kier alpha value is -3.77. The van der Waals surface area contributed by atoms with Crippen molar-refractivity contribution in [3.05, 3.63) is 100 Å². The fourth-order valence-corrected chi connectivity index (χ4v) is 3.64. The molecule has 0 aromatic heterocycles. The molecule has 1 aliphatic rings. The second kappa shape index (κ2) is 8.16. The van der Waals surface area contributed by atoms with Crippen LogP contribution >= 0.6 is 11.6 Å². The number of fused-ring (bicyclic) bond motifs is 1. The smallest absolute Gasteiger partial charge is 0.262 e. The van der Waals surface area contributed by atoms with Crippen molar-refractivity contribution in [2.45, 2.75) is 13.0 Å². The zero-order valence-electron chi connectivity index (χ0n) is 16.5. The first-order valence-corrected chi connectivity index (χ1v) is 9.93. The van der Waals surface area contributed by atoms with Crippen LogP contribution in [-0.4, -0.2) is 34.4 Å². The van der Waals surface area contributed by atoms with Gasteiger partial charge in [-0.25, -0.2) is 0 Å². The van der Waals surface area contributed by atoms with Crippen LogP contribution in [0.3, 0.4) is 0 Å². The molecule has 1 N–H and O–H groups in total. The first-order valence-electron chi connectivity index (χ1n) is 9.55. The van der Waals surface area contributed by atoms with E-state index in [-0.39, 0.29) is 28.2 Å². The lowest BCUT2D eigenvalue weighted by molar-refractivity contribution is -0.119. The van der Waals surface area contributed by atoms with Gasteiger partial charge in [-0.1, -0.05) is 54.1 Å². The molecule has 3 aromatic rings. The van der Waals surface area contributed by atoms with Gasteiger partial charge >= 0.3 is 0 Å². The molecule has 0 saturated carbocycles. The van der Waals surface area contributed by atoms with Crippen molar-refractivity contribution in [1.82, 2.24) is 4.90 Å². The second-order valence-electron chi connectivity index (χ2n) is 7.08. The minimum atomic E-state index is -1.08. The summed E-state index contributed by atoms with van der Waals surface area (Å²) in [5.74, 6) is -1.97. The standard InChI is InChI=1S/C24H17ClN2O4/c1-14(27-23(30)17-9-5-6-10-18(17)24(27)31)22(29)26-20-12-11-16(25)13-19(20)21(28)15-7-3-2-4-8-15/h2-14H,1H3,(H,26,29)/t14-/m0/s1. The van der Waals surface area contributed by atoms with Crippen molar-refractivity contribution in [3.63, 3.8) is 0 Å². The Labute approximate surface area is 183 Å². The van der Waals surface area contributed by atoms with Crippen LogP contribution in [0, 0.1) is 0 Å². The highest BCUT2D eigenvalue weighted by Gasteiger charge is 2.40. The molecule has 0 radical (unpaired) electrons. The minimum Gasteiger partial charge on any atom is -0.324 e. The van der Waals surface area contributed by atoms with E-state index in [1.54, 1.807) is 60.7 Å². The summed E-state index contributed by atoms with van der Waals surface area (Å²) >= 11 is 6.08. The normalized spacial score (nSPS) is 13.7. The fraction of sp³-hybridized carbons (Fsp3) is 0.0833. The van der Waals surface area contributed by atoms with E-state index in [1.165, 1.54) is 19.1 Å². The Morgan fingerprint density at radius 2 is 1.45 bits per heavy atom. The van der Waals surface area contributed by atoms with Crippen LogP contribution < -0.4 is 5.32 Å². The van der Waals surface area contributed by atoms with Gasteiger partial charge in [0.2, 0.25) is 5.91 Å². The molecule has 4 rings (SSSR count). The van der Waals surface area contributed by atoms with Gasteiger partial charge in [0.05, 0.1) is 16.8 Å². The molecule has 154 valence electrons. The molecule has 3 aromatic carbocycles. The number of carbonyl (C=O) groups is 4. The zero-order chi connectivity index (χ0) is 22.1. The summed E-state index contributed by atoms with van der Waals surface area (Å²) in [6.07, 6.45) is 0. The minimum absolute atomic E-state index is 0.210. The zero-order valence-corrected chi connectivity index (χ0v) is 17.2. The van der Waals surface area contributed by atoms with Crippen molar-refractivity contribution in [1.29, 1.82) is 0 Å². The Balaban J connectivity index is 1.60. The number of ketones is 1. The predicted molar refractivity (Wildman–Crippen MR) is 116 cm³/mol. The lowest BCUT2D eigenvalue weighted by Gasteiger charge is -2.22. The van der Waals surface area contributed by atoms with Crippen LogP contribution in [0.5, 0.6) is 0 Å². The average molecular weight is 433 g/mol. The van der Waals surface area contributed by atoms with Gasteiger partial charge in [-0.3, -0.25) is 24.1 Å². The van der Waals surface area contributed by atoms with Crippen LogP contribution in [0.2, 0.25) is 5.02 Å². The molecule has 0 fully saturated rings. The predicted octanol–water partition coefficient (Wildman–Crippen LogP) is 4.19. The first-order chi connectivity index (χ1) is 14.9. The highest BCUT2D eigenvalue weighted by molar-refractivity contribution is 6.31. The van der Waals surface area contributed by atoms with Gasteiger partial charge in [0.1, 0.15) is 6.04 Å². The van der Waals surface area contributed by atoms with E-state index in [0.717, 1.165) is 4.90 Å². The quantitative estimate of drug-likeness (QED) is 0.484. The number of carbonyl (C=O) groups excluding carboxylic acids is 4. The summed E-state index contributed by atoms with van der Waals surface area (Å²) in [7, 11) is 0. The van der Waals surface area contributed by atoms with E-state index in [1.807, 2.05) is 0 Å². The molecule has 1 heterocycles. The Bertz CT molecular complexity index is 1190. The number of rotatable bonds is 5. The Kier molecular flexibility index (Phi) is 5.40. The summed E-state index contributed by atoms with van der Waals surface area (Å²) in [6, 6.07) is 18.5. The SMILES string of the molecule is C[C@@H](C(=O)Nc1ccc(Cl)cc1C(=O)c1ccccc1)N1C(=O)c2ccccc2C1=O. The van der Waals surface area contributed by atoms with E-state index in [0.29, 0.717) is 10.6 Å². The lowest BCUT2D eigenvalue weighted by atomic mass is 10.0. The van der Waals surface area contributed by atoms with Crippen molar-refractivity contribution in [3.8, 4) is 0 Å². The third-order valence-corrected chi connectivity index (χ3v) is 5.35. The molecule has 3 amide bonds. The highest BCUT2D eigenvalue weighted by Crippen LogP contribution is 2.27. The third kappa shape index (κ3) is 3.73. The maximum atomic E-state index is 13.0. The van der Waals surface area contributed by atoms with Crippen LogP contribution in [0.25, 0.3) is 0 Å². The molecule has 31 heavy (non-hydrogen) atoms. The number of anilines is 1. The monoisotopic (exact) mass is 432 g/mol. The maximum absolute atomic E-state index is 13.0. The van der Waals surface area contributed by atoms with Crippen LogP contribution in [0.1, 0.15) is 43.6 Å². The number of hydrogen-bond acceptors (Lipinski definition) is 4. The first kappa shape index (κ1) is 20.5. The molecule has 0 spiro atoms. The van der Waals surface area contributed by atoms with Gasteiger partial charge in [0.15, 0.2) is 5.78 Å². The summed E-state index contributed by atoms with van der Waals surface area (Å²) in [6.45, 7) is 1.46. The van der Waals surface area contributed by atoms with Gasteiger partial charge in [-0.15, -0.1) is 0 Å². The van der Waals surface area contributed by atoms with Gasteiger partial charge in [0, 0.05) is 16.1 Å². The molecule has 0 saturated heterocycles. The summed E-state index contributed by atoms with van der Waals surface area (Å²) in [5, 5.41) is 3.01. The van der Waals surface area contributed by atoms with Gasteiger partial charge in [-0.2, -0.15) is 0 Å². The highest BCUT2D eigenvalue weighted by atomic mass is 35.5. The Morgan fingerprint density at radius 3 is 2.06 bits per heavy atom. The topological polar surface area (TPSA) is 83.6 Å². The number of amides is 3. The Morgan fingerprint density at radius 1 is 0.871 bits per heavy atom. The number of nitrogens with one attached hydrogen (secondary N) is 1. The van der Waals surface area contributed by atoms with Crippen LogP contribution in [-0.2, 0) is 4.79 Å². The van der Waals surface area contributed by atoms with Gasteiger partial charge in [-0.05, 0) is 37.3 Å². The molecule has 1 atom stereocenters. The molecule has 6 nitrogen and oxygen atoms in total. The van der Waals surface area contributed by atoms with Gasteiger partial charge in [0.25, 0.3) is 11.8 Å². The summed E-state index contributed by atoms with van der Waals surface area (Å²) in [5.41, 5.74) is 1.42. The van der Waals surface area contributed by atoms with Crippen LogP contribution in [0.15, 0.2) is 72.8 Å². The summed E-state index contributed by atoms with van der Waals surface area (Å²) in [4.78, 5) is 52.1. The lowest BCUT2D eigenvalue weighted by Crippen LogP contribution is -2.45. The van der Waals surface area contributed by atoms with Crippen molar-refractivity contribution < 1.29 is 19.2 Å². The van der Waals surface area contributed by atoms with E-state index < -0.39 is 23.8 Å². The van der Waals surface area contributed by atoms with E-state index in [2.05, 4.69) is 5.32 Å². The number of imide groups is 1. The molecule has 0 aliphatic carbocycles. The molecule has 7 heteroatoms. The second-order valence-corrected chi connectivity index (χ2v) is 7.51. The number of benzene rings is 3. The summed E-state index contributed by atoms with van der Waals surface area (Å²) < 4.78 is 0. The van der Waals surface area contributed by atoms with Crippen LogP contribution in [0.4, 0.5) is 5.69 Å². The number of hydrogen-bond donors (Lipinski definition) is 1. The van der Waals surface area contributed by atoms with Crippen molar-refractivity contribution in [2.24, 2.45) is 0 Å². The molecule has 0 bridgehead atoms.